The van der Waals surface area contributed by atoms with E-state index in [0.717, 1.165) is 23.2 Å². The Kier molecular flexibility index (Phi) is 2.87. The average molecular weight is 206 g/mol. The number of aromatic nitrogens is 2. The summed E-state index contributed by atoms with van der Waals surface area (Å²) < 4.78 is 12.0. The molecule has 1 heterocycles. The maximum atomic E-state index is 5.15. The molecule has 0 atom stereocenters. The molecule has 2 rings (SSSR count). The van der Waals surface area contributed by atoms with Crippen LogP contribution in [0.4, 0.5) is 0 Å². The summed E-state index contributed by atoms with van der Waals surface area (Å²) in [6.07, 6.45) is 2.00. The molecule has 1 aromatic carbocycles. The van der Waals surface area contributed by atoms with Crippen molar-refractivity contribution in [3.8, 4) is 5.75 Å². The minimum Gasteiger partial charge on any atom is -0.497 e. The fourth-order valence-corrected chi connectivity index (χ4v) is 1.48. The van der Waals surface area contributed by atoms with Crippen LogP contribution in [-0.4, -0.2) is 30.6 Å². The molecule has 4 nitrogen and oxygen atoms in total. The van der Waals surface area contributed by atoms with Crippen LogP contribution in [0.25, 0.3) is 10.9 Å². The lowest BCUT2D eigenvalue weighted by Crippen LogP contribution is -2.03. The highest BCUT2D eigenvalue weighted by Gasteiger charge is 2.01. The predicted octanol–water partition coefficient (Wildman–Crippen LogP) is 1.69. The molecule has 0 unspecified atom stereocenters. The van der Waals surface area contributed by atoms with Gasteiger partial charge in [-0.1, -0.05) is 0 Å². The zero-order valence-corrected chi connectivity index (χ0v) is 8.93. The fourth-order valence-electron chi connectivity index (χ4n) is 1.48. The number of ether oxygens (including phenoxy) is 2. The van der Waals surface area contributed by atoms with Gasteiger partial charge < -0.3 is 9.47 Å². The lowest BCUT2D eigenvalue weighted by Gasteiger charge is -1.97. The van der Waals surface area contributed by atoms with E-state index in [1.165, 1.54) is 0 Å². The van der Waals surface area contributed by atoms with Crippen LogP contribution in [0.15, 0.2) is 24.4 Å². The van der Waals surface area contributed by atoms with Gasteiger partial charge in [-0.05, 0) is 18.2 Å². The topological polar surface area (TPSA) is 36.3 Å². The number of hydrogen-bond donors (Lipinski definition) is 0. The summed E-state index contributed by atoms with van der Waals surface area (Å²) in [6.45, 7) is 1.44. The molecule has 0 radical (unpaired) electrons. The van der Waals surface area contributed by atoms with E-state index >= 15 is 0 Å². The molecule has 1 aromatic heterocycles. The van der Waals surface area contributed by atoms with E-state index in [9.17, 15) is 0 Å². The third-order valence-electron chi connectivity index (χ3n) is 2.28. The van der Waals surface area contributed by atoms with Crippen LogP contribution in [0.3, 0.4) is 0 Å². The van der Waals surface area contributed by atoms with Gasteiger partial charge in [0.15, 0.2) is 0 Å². The second-order valence-corrected chi connectivity index (χ2v) is 3.31. The van der Waals surface area contributed by atoms with Crippen LogP contribution in [0.5, 0.6) is 5.75 Å². The van der Waals surface area contributed by atoms with E-state index in [1.54, 1.807) is 14.2 Å². The number of methoxy groups -OCH3 is 2. The summed E-state index contributed by atoms with van der Waals surface area (Å²) >= 11 is 0. The molecule has 0 aliphatic rings. The van der Waals surface area contributed by atoms with Gasteiger partial charge in [0, 0.05) is 18.7 Å². The van der Waals surface area contributed by atoms with Crippen molar-refractivity contribution in [2.24, 2.45) is 0 Å². The molecule has 0 N–H and O–H groups in total. The lowest BCUT2D eigenvalue weighted by molar-refractivity contribution is 0.184. The molecule has 0 aliphatic heterocycles. The van der Waals surface area contributed by atoms with Crippen LogP contribution in [-0.2, 0) is 11.3 Å². The zero-order chi connectivity index (χ0) is 10.7. The molecule has 0 fully saturated rings. The van der Waals surface area contributed by atoms with Crippen LogP contribution in [0.2, 0.25) is 0 Å². The van der Waals surface area contributed by atoms with Crippen molar-refractivity contribution >= 4 is 10.9 Å². The van der Waals surface area contributed by atoms with Gasteiger partial charge in [-0.25, -0.2) is 0 Å². The summed E-state index contributed by atoms with van der Waals surface area (Å²) in [6, 6.07) is 5.85. The van der Waals surface area contributed by atoms with E-state index in [4.69, 9.17) is 9.47 Å². The van der Waals surface area contributed by atoms with Gasteiger partial charge in [-0.2, -0.15) is 5.10 Å². The summed E-state index contributed by atoms with van der Waals surface area (Å²) in [4.78, 5) is 0. The highest BCUT2D eigenvalue weighted by atomic mass is 16.5. The van der Waals surface area contributed by atoms with Crippen LogP contribution in [0, 0.1) is 0 Å². The Hall–Kier alpha value is -1.55. The van der Waals surface area contributed by atoms with Gasteiger partial charge in [0.25, 0.3) is 0 Å². The highest BCUT2D eigenvalue weighted by molar-refractivity contribution is 5.79. The maximum Gasteiger partial charge on any atom is 0.119 e. The van der Waals surface area contributed by atoms with Gasteiger partial charge in [-0.3, -0.25) is 4.68 Å². The molecule has 80 valence electrons. The molecule has 0 amide bonds. The quantitative estimate of drug-likeness (QED) is 0.763. The Labute approximate surface area is 88.4 Å². The number of fused-ring (bicyclic) bond motifs is 1. The number of hydrogen-bond acceptors (Lipinski definition) is 3. The summed E-state index contributed by atoms with van der Waals surface area (Å²) in [5.74, 6) is 0.855. The molecule has 0 aliphatic carbocycles. The molecule has 0 spiro atoms. The van der Waals surface area contributed by atoms with Crippen molar-refractivity contribution in [1.82, 2.24) is 9.78 Å². The molecule has 15 heavy (non-hydrogen) atoms. The van der Waals surface area contributed by atoms with Crippen molar-refractivity contribution < 1.29 is 9.47 Å². The summed E-state index contributed by atoms with van der Waals surface area (Å²) in [7, 11) is 3.35. The first kappa shape index (κ1) is 9.98. The molecular formula is C11H14N2O2. The first-order valence-electron chi connectivity index (χ1n) is 4.83. The van der Waals surface area contributed by atoms with E-state index in [1.807, 2.05) is 29.1 Å². The summed E-state index contributed by atoms with van der Waals surface area (Å²) in [5.41, 5.74) is 0.979. The Balaban J connectivity index is 2.29. The van der Waals surface area contributed by atoms with Crippen LogP contribution in [0.1, 0.15) is 0 Å². The Morgan fingerprint density at radius 2 is 2.20 bits per heavy atom. The lowest BCUT2D eigenvalue weighted by atomic mass is 10.2. The number of benzene rings is 1. The molecule has 4 heteroatoms. The minimum absolute atomic E-state index is 0.672. The summed E-state index contributed by atoms with van der Waals surface area (Å²) in [5, 5.41) is 5.50. The van der Waals surface area contributed by atoms with Crippen molar-refractivity contribution in [2.45, 2.75) is 6.54 Å². The third kappa shape index (κ3) is 2.10. The molecule has 2 aromatic rings. The Morgan fingerprint density at radius 3 is 2.93 bits per heavy atom. The van der Waals surface area contributed by atoms with Crippen molar-refractivity contribution in [1.29, 1.82) is 0 Å². The first-order chi connectivity index (χ1) is 7.33. The van der Waals surface area contributed by atoms with Crippen molar-refractivity contribution in [3.63, 3.8) is 0 Å². The zero-order valence-electron chi connectivity index (χ0n) is 8.93. The second kappa shape index (κ2) is 4.31. The van der Waals surface area contributed by atoms with E-state index < -0.39 is 0 Å². The largest absolute Gasteiger partial charge is 0.497 e. The average Bonchev–Trinajstić information content (AvgIpc) is 2.67. The first-order valence-corrected chi connectivity index (χ1v) is 4.83. The van der Waals surface area contributed by atoms with Gasteiger partial charge >= 0.3 is 0 Å². The smallest absolute Gasteiger partial charge is 0.119 e. The van der Waals surface area contributed by atoms with Crippen molar-refractivity contribution in [2.75, 3.05) is 20.8 Å². The van der Waals surface area contributed by atoms with Crippen LogP contribution < -0.4 is 4.74 Å². The number of nitrogens with zero attached hydrogens (tertiary/aromatic N) is 2. The normalized spacial score (nSPS) is 10.8. The molecule has 0 saturated heterocycles. The molecule has 0 saturated carbocycles. The Bertz CT molecular complexity index is 451. The standard InChI is InChI=1S/C11H14N2O2/c1-14-6-5-13-8-9-7-10(15-2)3-4-11(9)12-13/h3-4,7-8H,5-6H2,1-2H3. The number of rotatable bonds is 4. The Morgan fingerprint density at radius 1 is 1.33 bits per heavy atom. The third-order valence-corrected chi connectivity index (χ3v) is 2.28. The van der Waals surface area contributed by atoms with E-state index in [0.29, 0.717) is 6.61 Å². The molecular weight excluding hydrogens is 192 g/mol. The van der Waals surface area contributed by atoms with Gasteiger partial charge in [-0.15, -0.1) is 0 Å². The fraction of sp³-hybridized carbons (Fsp3) is 0.364. The van der Waals surface area contributed by atoms with Crippen LogP contribution >= 0.6 is 0 Å². The minimum atomic E-state index is 0.672. The van der Waals surface area contributed by atoms with E-state index in [2.05, 4.69) is 5.10 Å². The maximum absolute atomic E-state index is 5.15. The van der Waals surface area contributed by atoms with Gasteiger partial charge in [0.1, 0.15) is 5.75 Å². The second-order valence-electron chi connectivity index (χ2n) is 3.31. The molecule has 0 bridgehead atoms. The monoisotopic (exact) mass is 206 g/mol. The van der Waals surface area contributed by atoms with Crippen molar-refractivity contribution in [3.05, 3.63) is 24.4 Å². The highest BCUT2D eigenvalue weighted by Crippen LogP contribution is 2.19. The predicted molar refractivity (Wildman–Crippen MR) is 58.2 cm³/mol. The van der Waals surface area contributed by atoms with Gasteiger partial charge in [0.2, 0.25) is 0 Å². The van der Waals surface area contributed by atoms with Gasteiger partial charge in [0.05, 0.1) is 25.8 Å². The SMILES string of the molecule is COCCn1cc2cc(OC)ccc2n1. The van der Waals surface area contributed by atoms with E-state index in [-0.39, 0.29) is 0 Å².